The Bertz CT molecular complexity index is 488. The molecular weight excluding hydrogens is 206 g/mol. The standard InChI is InChI=1S/C16H21N/c1-2-3-4-5-9-14-12-11-13-8-6-7-10-15(13)16(14)17/h6-8,10-12H,2-5,9,17H2,1H3. The van der Waals surface area contributed by atoms with Gasteiger partial charge in [0.2, 0.25) is 0 Å². The third kappa shape index (κ3) is 2.79. The fraction of sp³-hybridized carbons (Fsp3) is 0.375. The first-order valence-corrected chi connectivity index (χ1v) is 6.59. The molecule has 0 radical (unpaired) electrons. The van der Waals surface area contributed by atoms with Crippen LogP contribution in [0.3, 0.4) is 0 Å². The first kappa shape index (κ1) is 12.0. The van der Waals surface area contributed by atoms with E-state index in [0.29, 0.717) is 0 Å². The molecule has 0 atom stereocenters. The van der Waals surface area contributed by atoms with Gasteiger partial charge in [0.05, 0.1) is 0 Å². The zero-order chi connectivity index (χ0) is 12.1. The highest BCUT2D eigenvalue weighted by atomic mass is 14.6. The van der Waals surface area contributed by atoms with Crippen LogP contribution < -0.4 is 5.73 Å². The molecule has 2 rings (SSSR count). The van der Waals surface area contributed by atoms with E-state index in [1.165, 1.54) is 42.0 Å². The molecule has 1 nitrogen and oxygen atoms in total. The van der Waals surface area contributed by atoms with Crippen molar-refractivity contribution in [2.45, 2.75) is 39.0 Å². The molecule has 0 aliphatic rings. The van der Waals surface area contributed by atoms with E-state index in [0.717, 1.165) is 12.1 Å². The van der Waals surface area contributed by atoms with Gasteiger partial charge in [-0.15, -0.1) is 0 Å². The van der Waals surface area contributed by atoms with Crippen LogP contribution >= 0.6 is 0 Å². The highest BCUT2D eigenvalue weighted by Crippen LogP contribution is 2.25. The Morgan fingerprint density at radius 2 is 1.76 bits per heavy atom. The van der Waals surface area contributed by atoms with E-state index in [9.17, 15) is 0 Å². The number of hydrogen-bond donors (Lipinski definition) is 1. The number of unbranched alkanes of at least 4 members (excludes halogenated alkanes) is 3. The molecule has 0 aliphatic heterocycles. The van der Waals surface area contributed by atoms with Crippen LogP contribution in [0.1, 0.15) is 38.2 Å². The summed E-state index contributed by atoms with van der Waals surface area (Å²) in [5.41, 5.74) is 8.51. The van der Waals surface area contributed by atoms with Crippen molar-refractivity contribution in [3.8, 4) is 0 Å². The summed E-state index contributed by atoms with van der Waals surface area (Å²) in [7, 11) is 0. The maximum Gasteiger partial charge on any atom is 0.0426 e. The predicted molar refractivity (Wildman–Crippen MR) is 76.2 cm³/mol. The molecule has 2 N–H and O–H groups in total. The fourth-order valence-corrected chi connectivity index (χ4v) is 2.30. The summed E-state index contributed by atoms with van der Waals surface area (Å²) in [6, 6.07) is 12.7. The van der Waals surface area contributed by atoms with E-state index >= 15 is 0 Å². The molecule has 2 aromatic rings. The van der Waals surface area contributed by atoms with Crippen molar-refractivity contribution in [3.63, 3.8) is 0 Å². The van der Waals surface area contributed by atoms with Crippen molar-refractivity contribution in [2.75, 3.05) is 5.73 Å². The van der Waals surface area contributed by atoms with Crippen LogP contribution in [0.2, 0.25) is 0 Å². The number of nitrogens with two attached hydrogens (primary N) is 1. The van der Waals surface area contributed by atoms with E-state index in [2.05, 4.69) is 43.3 Å². The monoisotopic (exact) mass is 227 g/mol. The molecule has 0 unspecified atom stereocenters. The Hall–Kier alpha value is -1.50. The number of hydrogen-bond acceptors (Lipinski definition) is 1. The molecule has 0 saturated heterocycles. The zero-order valence-corrected chi connectivity index (χ0v) is 10.6. The maximum atomic E-state index is 6.23. The summed E-state index contributed by atoms with van der Waals surface area (Å²) in [5, 5.41) is 2.43. The lowest BCUT2D eigenvalue weighted by molar-refractivity contribution is 0.667. The quantitative estimate of drug-likeness (QED) is 0.588. The van der Waals surface area contributed by atoms with Gasteiger partial charge in [-0.3, -0.25) is 0 Å². The van der Waals surface area contributed by atoms with Gasteiger partial charge in [0.15, 0.2) is 0 Å². The van der Waals surface area contributed by atoms with Crippen LogP contribution in [0.25, 0.3) is 10.8 Å². The molecule has 0 aliphatic carbocycles. The van der Waals surface area contributed by atoms with Crippen LogP contribution in [0.15, 0.2) is 36.4 Å². The molecular formula is C16H21N. The van der Waals surface area contributed by atoms with E-state index in [1.54, 1.807) is 0 Å². The fourth-order valence-electron chi connectivity index (χ4n) is 2.30. The van der Waals surface area contributed by atoms with E-state index < -0.39 is 0 Å². The molecule has 1 heteroatoms. The Balaban J connectivity index is 2.15. The second-order valence-corrected chi connectivity index (χ2v) is 4.67. The Morgan fingerprint density at radius 1 is 0.941 bits per heavy atom. The molecule has 0 aromatic heterocycles. The Kier molecular flexibility index (Phi) is 4.03. The number of aryl methyl sites for hydroxylation is 1. The summed E-state index contributed by atoms with van der Waals surface area (Å²) in [5.74, 6) is 0. The largest absolute Gasteiger partial charge is 0.398 e. The highest BCUT2D eigenvalue weighted by molar-refractivity contribution is 5.94. The van der Waals surface area contributed by atoms with Gasteiger partial charge in [-0.05, 0) is 23.8 Å². The minimum Gasteiger partial charge on any atom is -0.398 e. The predicted octanol–water partition coefficient (Wildman–Crippen LogP) is 4.54. The molecule has 0 bridgehead atoms. The smallest absolute Gasteiger partial charge is 0.0426 e. The summed E-state index contributed by atoms with van der Waals surface area (Å²) in [4.78, 5) is 0. The van der Waals surface area contributed by atoms with Crippen molar-refractivity contribution >= 4 is 16.5 Å². The van der Waals surface area contributed by atoms with Crippen molar-refractivity contribution < 1.29 is 0 Å². The van der Waals surface area contributed by atoms with Crippen molar-refractivity contribution in [3.05, 3.63) is 42.0 Å². The number of anilines is 1. The van der Waals surface area contributed by atoms with Gasteiger partial charge in [0, 0.05) is 11.1 Å². The highest BCUT2D eigenvalue weighted by Gasteiger charge is 2.03. The molecule has 90 valence electrons. The lowest BCUT2D eigenvalue weighted by atomic mass is 10.00. The maximum absolute atomic E-state index is 6.23. The minimum atomic E-state index is 0.972. The third-order valence-corrected chi connectivity index (χ3v) is 3.36. The summed E-state index contributed by atoms with van der Waals surface area (Å²) < 4.78 is 0. The van der Waals surface area contributed by atoms with Crippen LogP contribution in [0, 0.1) is 0 Å². The van der Waals surface area contributed by atoms with E-state index in [1.807, 2.05) is 0 Å². The minimum absolute atomic E-state index is 0.972. The second-order valence-electron chi connectivity index (χ2n) is 4.67. The van der Waals surface area contributed by atoms with Gasteiger partial charge in [-0.1, -0.05) is 62.6 Å². The first-order chi connectivity index (χ1) is 8.33. The first-order valence-electron chi connectivity index (χ1n) is 6.59. The molecule has 0 heterocycles. The topological polar surface area (TPSA) is 26.0 Å². The van der Waals surface area contributed by atoms with E-state index in [4.69, 9.17) is 5.73 Å². The molecule has 0 fully saturated rings. The average Bonchev–Trinajstić information content (AvgIpc) is 2.37. The Morgan fingerprint density at radius 3 is 2.59 bits per heavy atom. The SMILES string of the molecule is CCCCCCc1ccc2ccccc2c1N. The van der Waals surface area contributed by atoms with Gasteiger partial charge in [-0.2, -0.15) is 0 Å². The van der Waals surface area contributed by atoms with Gasteiger partial charge in [-0.25, -0.2) is 0 Å². The molecule has 0 amide bonds. The number of fused-ring (bicyclic) bond motifs is 1. The summed E-state index contributed by atoms with van der Waals surface area (Å²) >= 11 is 0. The summed E-state index contributed by atoms with van der Waals surface area (Å²) in [6.07, 6.45) is 6.27. The lowest BCUT2D eigenvalue weighted by Gasteiger charge is -2.09. The van der Waals surface area contributed by atoms with Gasteiger partial charge >= 0.3 is 0 Å². The third-order valence-electron chi connectivity index (χ3n) is 3.36. The molecule has 17 heavy (non-hydrogen) atoms. The van der Waals surface area contributed by atoms with Crippen LogP contribution in [0.4, 0.5) is 5.69 Å². The molecule has 0 spiro atoms. The van der Waals surface area contributed by atoms with Crippen molar-refractivity contribution in [1.82, 2.24) is 0 Å². The lowest BCUT2D eigenvalue weighted by Crippen LogP contribution is -1.96. The van der Waals surface area contributed by atoms with Crippen LogP contribution in [0.5, 0.6) is 0 Å². The van der Waals surface area contributed by atoms with E-state index in [-0.39, 0.29) is 0 Å². The molecule has 0 saturated carbocycles. The number of nitrogen functional groups attached to an aromatic ring is 1. The van der Waals surface area contributed by atoms with Gasteiger partial charge in [0.25, 0.3) is 0 Å². The van der Waals surface area contributed by atoms with Gasteiger partial charge in [0.1, 0.15) is 0 Å². The summed E-state index contributed by atoms with van der Waals surface area (Å²) in [6.45, 7) is 2.24. The van der Waals surface area contributed by atoms with Gasteiger partial charge < -0.3 is 5.73 Å². The normalized spacial score (nSPS) is 10.9. The number of rotatable bonds is 5. The second kappa shape index (κ2) is 5.72. The van der Waals surface area contributed by atoms with Crippen LogP contribution in [-0.4, -0.2) is 0 Å². The zero-order valence-electron chi connectivity index (χ0n) is 10.6. The van der Waals surface area contributed by atoms with Crippen molar-refractivity contribution in [1.29, 1.82) is 0 Å². The number of benzene rings is 2. The Labute approximate surface area is 104 Å². The average molecular weight is 227 g/mol. The van der Waals surface area contributed by atoms with Crippen LogP contribution in [-0.2, 0) is 6.42 Å². The molecule has 2 aromatic carbocycles. The van der Waals surface area contributed by atoms with Crippen molar-refractivity contribution in [2.24, 2.45) is 0 Å².